The summed E-state index contributed by atoms with van der Waals surface area (Å²) in [5.74, 6) is 0.484. The SMILES string of the molecule is CC(c1ccccc1)c1ccccc1.ClOCl. The van der Waals surface area contributed by atoms with Gasteiger partial charge in [0.15, 0.2) is 0 Å². The van der Waals surface area contributed by atoms with Crippen LogP contribution in [0.4, 0.5) is 0 Å². The van der Waals surface area contributed by atoms with Crippen molar-refractivity contribution in [3.05, 3.63) is 71.8 Å². The van der Waals surface area contributed by atoms with Crippen LogP contribution in [0.5, 0.6) is 0 Å². The molecule has 0 radical (unpaired) electrons. The molecule has 90 valence electrons. The molecule has 0 fully saturated rings. The molecule has 0 atom stereocenters. The molecular formula is C14H14Cl2O. The highest BCUT2D eigenvalue weighted by atomic mass is 35.6. The van der Waals surface area contributed by atoms with E-state index in [4.69, 9.17) is 0 Å². The van der Waals surface area contributed by atoms with Gasteiger partial charge >= 0.3 is 0 Å². The fourth-order valence-corrected chi connectivity index (χ4v) is 1.68. The lowest BCUT2D eigenvalue weighted by atomic mass is 9.93. The highest BCUT2D eigenvalue weighted by Gasteiger charge is 2.05. The standard InChI is InChI=1S/C14H14.Cl2O/c1-12(13-8-4-2-5-9-13)14-10-6-3-7-11-14;1-3-2/h2-12H,1H3;. The Balaban J connectivity index is 0.000000437. The molecular weight excluding hydrogens is 255 g/mol. The zero-order chi connectivity index (χ0) is 12.5. The third-order valence-electron chi connectivity index (χ3n) is 2.60. The Morgan fingerprint density at radius 2 is 1.06 bits per heavy atom. The number of hydrogen-bond acceptors (Lipinski definition) is 1. The summed E-state index contributed by atoms with van der Waals surface area (Å²) in [5.41, 5.74) is 2.75. The van der Waals surface area contributed by atoms with Gasteiger partial charge in [-0.3, -0.25) is 0 Å². The van der Waals surface area contributed by atoms with E-state index < -0.39 is 0 Å². The minimum atomic E-state index is 0.484. The van der Waals surface area contributed by atoms with Crippen LogP contribution in [0.1, 0.15) is 24.0 Å². The number of benzene rings is 2. The summed E-state index contributed by atoms with van der Waals surface area (Å²) in [6.07, 6.45) is 0. The molecule has 0 heterocycles. The smallest absolute Gasteiger partial charge is 0.0832 e. The maximum absolute atomic E-state index is 4.26. The predicted molar refractivity (Wildman–Crippen MR) is 73.2 cm³/mol. The van der Waals surface area contributed by atoms with Gasteiger partial charge in [-0.25, -0.2) is 0 Å². The third kappa shape index (κ3) is 4.78. The van der Waals surface area contributed by atoms with E-state index in [1.807, 2.05) is 0 Å². The van der Waals surface area contributed by atoms with E-state index in [1.54, 1.807) is 0 Å². The van der Waals surface area contributed by atoms with Crippen LogP contribution in [0.3, 0.4) is 0 Å². The molecule has 2 aromatic rings. The highest BCUT2D eigenvalue weighted by Crippen LogP contribution is 2.22. The van der Waals surface area contributed by atoms with E-state index in [0.29, 0.717) is 5.92 Å². The third-order valence-corrected chi connectivity index (χ3v) is 2.60. The molecule has 0 spiro atoms. The van der Waals surface area contributed by atoms with E-state index in [1.165, 1.54) is 11.1 Å². The topological polar surface area (TPSA) is 9.23 Å². The van der Waals surface area contributed by atoms with Gasteiger partial charge in [0.25, 0.3) is 0 Å². The second-order valence-corrected chi connectivity index (χ2v) is 4.07. The van der Waals surface area contributed by atoms with Crippen molar-refractivity contribution < 1.29 is 3.84 Å². The van der Waals surface area contributed by atoms with Crippen molar-refractivity contribution in [2.45, 2.75) is 12.8 Å². The van der Waals surface area contributed by atoms with Crippen molar-refractivity contribution in [2.24, 2.45) is 0 Å². The molecule has 0 N–H and O–H groups in total. The molecule has 0 unspecified atom stereocenters. The largest absolute Gasteiger partial charge is 0.166 e. The summed E-state index contributed by atoms with van der Waals surface area (Å²) in [7, 11) is 0. The molecule has 0 aromatic heterocycles. The zero-order valence-corrected chi connectivity index (χ0v) is 11.0. The van der Waals surface area contributed by atoms with Crippen molar-refractivity contribution >= 4 is 23.7 Å². The van der Waals surface area contributed by atoms with Gasteiger partial charge in [-0.05, 0) is 11.1 Å². The minimum absolute atomic E-state index is 0.484. The summed E-state index contributed by atoms with van der Waals surface area (Å²) in [6.45, 7) is 2.24. The molecule has 2 rings (SSSR count). The Hall–Kier alpha value is -1.02. The van der Waals surface area contributed by atoms with Gasteiger partial charge < -0.3 is 0 Å². The fraction of sp³-hybridized carbons (Fsp3) is 0.143. The van der Waals surface area contributed by atoms with Gasteiger partial charge in [-0.1, -0.05) is 67.6 Å². The Kier molecular flexibility index (Phi) is 6.71. The van der Waals surface area contributed by atoms with Crippen molar-refractivity contribution in [1.29, 1.82) is 0 Å². The van der Waals surface area contributed by atoms with Gasteiger partial charge in [0.2, 0.25) is 0 Å². The molecule has 0 aliphatic rings. The van der Waals surface area contributed by atoms with E-state index in [0.717, 1.165) is 0 Å². The van der Waals surface area contributed by atoms with Crippen LogP contribution < -0.4 is 0 Å². The minimum Gasteiger partial charge on any atom is -0.166 e. The molecule has 2 aromatic carbocycles. The van der Waals surface area contributed by atoms with Gasteiger partial charge in [0.1, 0.15) is 0 Å². The normalized spacial score (nSPS) is 9.65. The molecule has 0 bridgehead atoms. The van der Waals surface area contributed by atoms with E-state index in [9.17, 15) is 0 Å². The van der Waals surface area contributed by atoms with Crippen LogP contribution in [0, 0.1) is 0 Å². The van der Waals surface area contributed by atoms with Crippen molar-refractivity contribution in [3.8, 4) is 0 Å². The maximum atomic E-state index is 4.26. The Labute approximate surface area is 112 Å². The Bertz CT molecular complexity index is 364. The molecule has 0 aliphatic carbocycles. The van der Waals surface area contributed by atoms with Gasteiger partial charge in [-0.2, -0.15) is 3.84 Å². The van der Waals surface area contributed by atoms with Crippen LogP contribution >= 0.6 is 23.7 Å². The van der Waals surface area contributed by atoms with Gasteiger partial charge in [-0.15, -0.1) is 0 Å². The van der Waals surface area contributed by atoms with Crippen LogP contribution in [-0.4, -0.2) is 0 Å². The second-order valence-electron chi connectivity index (χ2n) is 3.60. The lowest BCUT2D eigenvalue weighted by Crippen LogP contribution is -1.94. The molecule has 3 heteroatoms. The fourth-order valence-electron chi connectivity index (χ4n) is 1.68. The Morgan fingerprint density at radius 3 is 1.35 bits per heavy atom. The molecule has 0 aliphatic heterocycles. The van der Waals surface area contributed by atoms with E-state index >= 15 is 0 Å². The molecule has 0 saturated heterocycles. The average Bonchev–Trinajstić information content (AvgIpc) is 2.41. The lowest BCUT2D eigenvalue weighted by molar-refractivity contribution is 0.697. The lowest BCUT2D eigenvalue weighted by Gasteiger charge is -2.11. The van der Waals surface area contributed by atoms with Crippen molar-refractivity contribution in [3.63, 3.8) is 0 Å². The monoisotopic (exact) mass is 268 g/mol. The Morgan fingerprint density at radius 1 is 0.765 bits per heavy atom. The maximum Gasteiger partial charge on any atom is 0.0832 e. The summed E-state index contributed by atoms with van der Waals surface area (Å²) in [4.78, 5) is 0. The second kappa shape index (κ2) is 8.13. The van der Waals surface area contributed by atoms with Crippen LogP contribution in [0.25, 0.3) is 0 Å². The molecule has 0 saturated carbocycles. The summed E-state index contributed by atoms with van der Waals surface area (Å²) >= 11 is 8.53. The summed E-state index contributed by atoms with van der Waals surface area (Å²) < 4.78 is 3.19. The first-order valence-corrected chi connectivity index (χ1v) is 5.90. The zero-order valence-electron chi connectivity index (χ0n) is 9.52. The molecule has 0 amide bonds. The van der Waals surface area contributed by atoms with E-state index in [-0.39, 0.29) is 0 Å². The summed E-state index contributed by atoms with van der Waals surface area (Å²) in [5, 5.41) is 0. The first-order valence-electron chi connectivity index (χ1n) is 5.28. The first kappa shape index (κ1) is 14.0. The van der Waals surface area contributed by atoms with Gasteiger partial charge in [0, 0.05) is 5.92 Å². The summed E-state index contributed by atoms with van der Waals surface area (Å²) in [6, 6.07) is 21.2. The number of hydrogen-bond donors (Lipinski definition) is 0. The quantitative estimate of drug-likeness (QED) is 0.732. The highest BCUT2D eigenvalue weighted by molar-refractivity contribution is 6.24. The average molecular weight is 269 g/mol. The van der Waals surface area contributed by atoms with Crippen molar-refractivity contribution in [1.82, 2.24) is 0 Å². The van der Waals surface area contributed by atoms with E-state index in [2.05, 4.69) is 95.2 Å². The van der Waals surface area contributed by atoms with Crippen LogP contribution in [0.2, 0.25) is 0 Å². The van der Waals surface area contributed by atoms with Crippen LogP contribution in [0.15, 0.2) is 60.7 Å². The van der Waals surface area contributed by atoms with Crippen LogP contribution in [-0.2, 0) is 3.84 Å². The molecule has 1 nitrogen and oxygen atoms in total. The number of rotatable bonds is 2. The predicted octanol–water partition coefficient (Wildman–Crippen LogP) is 5.15. The van der Waals surface area contributed by atoms with Crippen molar-refractivity contribution in [2.75, 3.05) is 0 Å². The molecule has 17 heavy (non-hydrogen) atoms. The number of halogens is 2. The first-order chi connectivity index (χ1) is 8.29. The van der Waals surface area contributed by atoms with Gasteiger partial charge in [0.05, 0.1) is 23.7 Å².